The normalized spacial score (nSPS) is 22.1. The van der Waals surface area contributed by atoms with Crippen LogP contribution >= 0.6 is 27.3 Å². The fourth-order valence-corrected chi connectivity index (χ4v) is 4.63. The number of hydrogen-bond acceptors (Lipinski definition) is 4. The fourth-order valence-electron chi connectivity index (χ4n) is 1.35. The van der Waals surface area contributed by atoms with Gasteiger partial charge in [0.05, 0.1) is 10.4 Å². The van der Waals surface area contributed by atoms with Crippen LogP contribution in [0.3, 0.4) is 0 Å². The van der Waals surface area contributed by atoms with E-state index < -0.39 is 10.0 Å². The standard InChI is InChI=1S/C8H10BrNO3S2/c9-7-1-2-8(14-7)15(11,12)10-6-3-4-13-5-6/h1-2,6,10H,3-5H2. The van der Waals surface area contributed by atoms with Gasteiger partial charge in [0.15, 0.2) is 0 Å². The molecule has 0 aromatic carbocycles. The van der Waals surface area contributed by atoms with Crippen molar-refractivity contribution in [3.8, 4) is 0 Å². The number of thiophene rings is 1. The van der Waals surface area contributed by atoms with Crippen molar-refractivity contribution in [2.45, 2.75) is 16.7 Å². The number of hydrogen-bond donors (Lipinski definition) is 1. The molecule has 1 saturated heterocycles. The van der Waals surface area contributed by atoms with E-state index in [1.54, 1.807) is 12.1 Å². The van der Waals surface area contributed by atoms with Crippen molar-refractivity contribution in [3.63, 3.8) is 0 Å². The summed E-state index contributed by atoms with van der Waals surface area (Å²) < 4.78 is 32.5. The number of ether oxygens (including phenoxy) is 1. The van der Waals surface area contributed by atoms with Gasteiger partial charge >= 0.3 is 0 Å². The molecular formula is C8H10BrNO3S2. The summed E-state index contributed by atoms with van der Waals surface area (Å²) >= 11 is 4.44. The lowest BCUT2D eigenvalue weighted by Crippen LogP contribution is -2.34. The summed E-state index contributed by atoms with van der Waals surface area (Å²) in [6.07, 6.45) is 0.742. The minimum Gasteiger partial charge on any atom is -0.380 e. The SMILES string of the molecule is O=S(=O)(NC1CCOC1)c1ccc(Br)s1. The average molecular weight is 312 g/mol. The Labute approximate surface area is 101 Å². The Hall–Kier alpha value is 0.0500. The lowest BCUT2D eigenvalue weighted by Gasteiger charge is -2.09. The predicted molar refractivity (Wildman–Crippen MR) is 61.6 cm³/mol. The maximum Gasteiger partial charge on any atom is 0.250 e. The van der Waals surface area contributed by atoms with Crippen molar-refractivity contribution >= 4 is 37.3 Å². The highest BCUT2D eigenvalue weighted by Gasteiger charge is 2.24. The van der Waals surface area contributed by atoms with Gasteiger partial charge in [0.2, 0.25) is 10.0 Å². The second kappa shape index (κ2) is 4.50. The number of rotatable bonds is 3. The third-order valence-electron chi connectivity index (χ3n) is 2.06. The van der Waals surface area contributed by atoms with Crippen LogP contribution in [-0.4, -0.2) is 27.7 Å². The van der Waals surface area contributed by atoms with Crippen LogP contribution in [0.5, 0.6) is 0 Å². The van der Waals surface area contributed by atoms with E-state index in [4.69, 9.17) is 4.74 Å². The molecule has 1 unspecified atom stereocenters. The molecule has 15 heavy (non-hydrogen) atoms. The number of halogens is 1. The molecule has 0 aliphatic carbocycles. The van der Waals surface area contributed by atoms with Gasteiger partial charge in [0.25, 0.3) is 0 Å². The first-order valence-corrected chi connectivity index (χ1v) is 7.52. The van der Waals surface area contributed by atoms with Gasteiger partial charge in [0, 0.05) is 12.6 Å². The lowest BCUT2D eigenvalue weighted by molar-refractivity contribution is 0.192. The first kappa shape index (κ1) is 11.5. The van der Waals surface area contributed by atoms with Crippen molar-refractivity contribution in [2.24, 2.45) is 0 Å². The molecular weight excluding hydrogens is 302 g/mol. The van der Waals surface area contributed by atoms with Crippen LogP contribution < -0.4 is 4.72 Å². The van der Waals surface area contributed by atoms with Crippen LogP contribution in [0.25, 0.3) is 0 Å². The molecule has 0 radical (unpaired) electrons. The van der Waals surface area contributed by atoms with Crippen molar-refractivity contribution in [3.05, 3.63) is 15.9 Å². The maximum absolute atomic E-state index is 11.8. The molecule has 1 aromatic rings. The quantitative estimate of drug-likeness (QED) is 0.922. The summed E-state index contributed by atoms with van der Waals surface area (Å²) in [4.78, 5) is 0. The Kier molecular flexibility index (Phi) is 3.46. The molecule has 0 spiro atoms. The van der Waals surface area contributed by atoms with Crippen molar-refractivity contribution < 1.29 is 13.2 Å². The summed E-state index contributed by atoms with van der Waals surface area (Å²) in [5.74, 6) is 0. The molecule has 1 aromatic heterocycles. The van der Waals surface area contributed by atoms with E-state index in [0.717, 1.165) is 10.2 Å². The largest absolute Gasteiger partial charge is 0.380 e. The van der Waals surface area contributed by atoms with Crippen molar-refractivity contribution in [1.82, 2.24) is 4.72 Å². The zero-order chi connectivity index (χ0) is 10.9. The third kappa shape index (κ3) is 2.79. The van der Waals surface area contributed by atoms with Crippen LogP contribution in [0.4, 0.5) is 0 Å². The molecule has 0 amide bonds. The highest BCUT2D eigenvalue weighted by atomic mass is 79.9. The smallest absolute Gasteiger partial charge is 0.250 e. The molecule has 1 aliphatic rings. The van der Waals surface area contributed by atoms with E-state index in [-0.39, 0.29) is 6.04 Å². The van der Waals surface area contributed by atoms with Crippen molar-refractivity contribution in [1.29, 1.82) is 0 Å². The van der Waals surface area contributed by atoms with Crippen LogP contribution in [0.15, 0.2) is 20.1 Å². The molecule has 2 heterocycles. The summed E-state index contributed by atoms with van der Waals surface area (Å²) in [5.41, 5.74) is 0. The highest BCUT2D eigenvalue weighted by molar-refractivity contribution is 9.11. The van der Waals surface area contributed by atoms with E-state index in [1.165, 1.54) is 11.3 Å². The van der Waals surface area contributed by atoms with Crippen molar-refractivity contribution in [2.75, 3.05) is 13.2 Å². The van der Waals surface area contributed by atoms with E-state index in [0.29, 0.717) is 17.4 Å². The van der Waals surface area contributed by atoms with Crippen LogP contribution in [0, 0.1) is 0 Å². The average Bonchev–Trinajstić information content (AvgIpc) is 2.75. The van der Waals surface area contributed by atoms with Crippen LogP contribution in [-0.2, 0) is 14.8 Å². The minimum absolute atomic E-state index is 0.0872. The van der Waals surface area contributed by atoms with Gasteiger partial charge in [-0.25, -0.2) is 13.1 Å². The summed E-state index contributed by atoms with van der Waals surface area (Å²) in [5, 5.41) is 0. The molecule has 84 valence electrons. The number of sulfonamides is 1. The Morgan fingerprint density at radius 2 is 2.33 bits per heavy atom. The summed E-state index contributed by atoms with van der Waals surface area (Å²) in [7, 11) is -3.36. The van der Waals surface area contributed by atoms with Gasteiger partial charge in [-0.15, -0.1) is 11.3 Å². The molecule has 2 rings (SSSR count). The zero-order valence-electron chi connectivity index (χ0n) is 7.77. The molecule has 4 nitrogen and oxygen atoms in total. The predicted octanol–water partition coefficient (Wildman–Crippen LogP) is 1.58. The van der Waals surface area contributed by atoms with Gasteiger partial charge in [-0.3, -0.25) is 0 Å². The second-order valence-corrected chi connectivity index (χ2v) is 7.64. The molecule has 7 heteroatoms. The maximum atomic E-state index is 11.8. The van der Waals surface area contributed by atoms with Gasteiger partial charge in [-0.1, -0.05) is 0 Å². The Morgan fingerprint density at radius 1 is 1.53 bits per heavy atom. The zero-order valence-corrected chi connectivity index (χ0v) is 11.0. The van der Waals surface area contributed by atoms with E-state index in [9.17, 15) is 8.42 Å². The lowest BCUT2D eigenvalue weighted by atomic mass is 10.3. The molecule has 1 N–H and O–H groups in total. The van der Waals surface area contributed by atoms with Gasteiger partial charge in [-0.05, 0) is 34.5 Å². The Morgan fingerprint density at radius 3 is 2.87 bits per heavy atom. The van der Waals surface area contributed by atoms with Gasteiger partial charge < -0.3 is 4.74 Å². The monoisotopic (exact) mass is 311 g/mol. The molecule has 1 atom stereocenters. The molecule has 1 aliphatic heterocycles. The molecule has 0 bridgehead atoms. The summed E-state index contributed by atoms with van der Waals surface area (Å²) in [6, 6.07) is 3.23. The molecule has 0 saturated carbocycles. The van der Waals surface area contributed by atoms with E-state index >= 15 is 0 Å². The van der Waals surface area contributed by atoms with Crippen LogP contribution in [0.1, 0.15) is 6.42 Å². The summed E-state index contributed by atoms with van der Waals surface area (Å²) in [6.45, 7) is 1.09. The van der Waals surface area contributed by atoms with Gasteiger partial charge in [-0.2, -0.15) is 0 Å². The van der Waals surface area contributed by atoms with Gasteiger partial charge in [0.1, 0.15) is 4.21 Å². The van der Waals surface area contributed by atoms with E-state index in [1.807, 2.05) is 0 Å². The highest BCUT2D eigenvalue weighted by Crippen LogP contribution is 2.26. The third-order valence-corrected chi connectivity index (χ3v) is 5.70. The van der Waals surface area contributed by atoms with E-state index in [2.05, 4.69) is 20.7 Å². The first-order valence-electron chi connectivity index (χ1n) is 4.43. The first-order chi connectivity index (χ1) is 7.08. The topological polar surface area (TPSA) is 55.4 Å². The second-order valence-electron chi connectivity index (χ2n) is 3.24. The molecule has 1 fully saturated rings. The Bertz CT molecular complexity index is 436. The Balaban J connectivity index is 2.12. The van der Waals surface area contributed by atoms with Crippen LogP contribution in [0.2, 0.25) is 0 Å². The number of nitrogens with one attached hydrogen (secondary N) is 1. The minimum atomic E-state index is -3.36. The fraction of sp³-hybridized carbons (Fsp3) is 0.500.